The average molecular weight is 318 g/mol. The zero-order valence-electron chi connectivity index (χ0n) is 12.6. The molecule has 0 aliphatic carbocycles. The number of hydrogen-bond acceptors (Lipinski definition) is 2. The highest BCUT2D eigenvalue weighted by Gasteiger charge is 2.11. The molecule has 1 aromatic carbocycles. The van der Waals surface area contributed by atoms with Crippen LogP contribution in [0.1, 0.15) is 25.8 Å². The molecule has 1 aromatic rings. The van der Waals surface area contributed by atoms with Crippen molar-refractivity contribution in [2.75, 3.05) is 13.1 Å². The number of urea groups is 1. The minimum Gasteiger partial charge on any atom is -0.391 e. The maximum atomic E-state index is 13.0. The van der Waals surface area contributed by atoms with Gasteiger partial charge in [-0.15, -0.1) is 0 Å². The minimum absolute atomic E-state index is 0.129. The first-order chi connectivity index (χ1) is 10.3. The number of carbonyl (C=O) groups is 1. The highest BCUT2D eigenvalue weighted by atomic mass is 19.2. The second-order valence-electron chi connectivity index (χ2n) is 5.54. The lowest BCUT2D eigenvalue weighted by Gasteiger charge is -2.14. The maximum absolute atomic E-state index is 13.0. The Morgan fingerprint density at radius 3 is 2.32 bits per heavy atom. The topological polar surface area (TPSA) is 61.4 Å². The molecule has 1 unspecified atom stereocenters. The fourth-order valence-corrected chi connectivity index (χ4v) is 1.97. The van der Waals surface area contributed by atoms with Crippen LogP contribution in [0.3, 0.4) is 0 Å². The van der Waals surface area contributed by atoms with Crippen LogP contribution >= 0.6 is 0 Å². The Hall–Kier alpha value is -1.76. The van der Waals surface area contributed by atoms with Gasteiger partial charge in [0.2, 0.25) is 0 Å². The predicted molar refractivity (Wildman–Crippen MR) is 76.9 cm³/mol. The van der Waals surface area contributed by atoms with Crippen molar-refractivity contribution in [1.82, 2.24) is 10.6 Å². The van der Waals surface area contributed by atoms with E-state index in [1.54, 1.807) is 0 Å². The minimum atomic E-state index is -1.51. The van der Waals surface area contributed by atoms with Gasteiger partial charge in [-0.3, -0.25) is 0 Å². The molecule has 0 spiro atoms. The Bertz CT molecular complexity index is 487. The van der Waals surface area contributed by atoms with E-state index in [9.17, 15) is 23.1 Å². The Kier molecular flexibility index (Phi) is 7.17. The summed E-state index contributed by atoms with van der Waals surface area (Å²) in [5.74, 6) is -3.69. The van der Waals surface area contributed by atoms with Gasteiger partial charge in [-0.25, -0.2) is 18.0 Å². The van der Waals surface area contributed by atoms with Gasteiger partial charge in [-0.05, 0) is 36.5 Å². The van der Waals surface area contributed by atoms with Gasteiger partial charge in [0.05, 0.1) is 6.10 Å². The van der Waals surface area contributed by atoms with Crippen LogP contribution in [0.2, 0.25) is 0 Å². The van der Waals surface area contributed by atoms with Gasteiger partial charge in [0.15, 0.2) is 17.5 Å². The number of benzene rings is 1. The molecule has 0 aliphatic heterocycles. The number of carbonyl (C=O) groups excluding carboxylic acids is 1. The van der Waals surface area contributed by atoms with Crippen molar-refractivity contribution in [3.63, 3.8) is 0 Å². The highest BCUT2D eigenvalue weighted by molar-refractivity contribution is 5.73. The molecule has 0 aromatic heterocycles. The number of halogens is 3. The summed E-state index contributed by atoms with van der Waals surface area (Å²) in [6, 6.07) is 1.31. The molecule has 1 rings (SSSR count). The van der Waals surface area contributed by atoms with Crippen LogP contribution in [0.25, 0.3) is 0 Å². The Morgan fingerprint density at radius 1 is 1.18 bits per heavy atom. The summed E-state index contributed by atoms with van der Waals surface area (Å²) < 4.78 is 38.8. The molecule has 0 heterocycles. The number of aliphatic hydroxyl groups is 1. The molecule has 22 heavy (non-hydrogen) atoms. The summed E-state index contributed by atoms with van der Waals surface area (Å²) in [7, 11) is 0. The zero-order chi connectivity index (χ0) is 16.7. The third-order valence-corrected chi connectivity index (χ3v) is 2.98. The molecule has 7 heteroatoms. The molecule has 4 nitrogen and oxygen atoms in total. The van der Waals surface area contributed by atoms with Gasteiger partial charge < -0.3 is 15.7 Å². The lowest BCUT2D eigenvalue weighted by molar-refractivity contribution is 0.147. The molecule has 0 radical (unpaired) electrons. The lowest BCUT2D eigenvalue weighted by Crippen LogP contribution is -2.40. The fraction of sp³-hybridized carbons (Fsp3) is 0.533. The molecule has 124 valence electrons. The highest BCUT2D eigenvalue weighted by Crippen LogP contribution is 2.13. The van der Waals surface area contributed by atoms with Gasteiger partial charge in [0.25, 0.3) is 0 Å². The van der Waals surface area contributed by atoms with E-state index in [2.05, 4.69) is 10.6 Å². The molecule has 3 N–H and O–H groups in total. The van der Waals surface area contributed by atoms with Gasteiger partial charge in [0, 0.05) is 13.1 Å². The summed E-state index contributed by atoms with van der Waals surface area (Å²) in [6.07, 6.45) is 0.121. The molecule has 0 aliphatic rings. The summed E-state index contributed by atoms with van der Waals surface area (Å²) >= 11 is 0. The van der Waals surface area contributed by atoms with Crippen LogP contribution in [0, 0.1) is 23.4 Å². The lowest BCUT2D eigenvalue weighted by atomic mass is 10.1. The Labute approximate surface area is 127 Å². The molecular formula is C15H21F3N2O2. The van der Waals surface area contributed by atoms with E-state index in [0.717, 1.165) is 12.1 Å². The number of nitrogens with one attached hydrogen (secondary N) is 2. The van der Waals surface area contributed by atoms with Crippen molar-refractivity contribution in [2.45, 2.75) is 32.8 Å². The molecule has 2 amide bonds. The molecule has 0 bridgehead atoms. The molecule has 1 atom stereocenters. The standard InChI is InChI=1S/C15H21F3N2O2/c1-9(2)5-11(21)8-20-15(22)19-4-3-10-6-12(16)14(18)13(17)7-10/h6-7,9,11,21H,3-5,8H2,1-2H3,(H2,19,20,22). The number of hydrogen-bond donors (Lipinski definition) is 3. The SMILES string of the molecule is CC(C)CC(O)CNC(=O)NCCc1cc(F)c(F)c(F)c1. The number of aliphatic hydroxyl groups excluding tert-OH is 1. The third-order valence-electron chi connectivity index (χ3n) is 2.98. The molecule has 0 saturated carbocycles. The van der Waals surface area contributed by atoms with Crippen molar-refractivity contribution < 1.29 is 23.1 Å². The van der Waals surface area contributed by atoms with Crippen LogP contribution < -0.4 is 10.6 Å². The first-order valence-corrected chi connectivity index (χ1v) is 7.12. The van der Waals surface area contributed by atoms with Gasteiger partial charge in [-0.1, -0.05) is 13.8 Å². The zero-order valence-corrected chi connectivity index (χ0v) is 12.6. The van der Waals surface area contributed by atoms with Crippen LogP contribution in [0.15, 0.2) is 12.1 Å². The van der Waals surface area contributed by atoms with Crippen LogP contribution in [0.4, 0.5) is 18.0 Å². The Morgan fingerprint density at radius 2 is 1.77 bits per heavy atom. The summed E-state index contributed by atoms with van der Waals surface area (Å²) in [5.41, 5.74) is 0.247. The quantitative estimate of drug-likeness (QED) is 0.676. The van der Waals surface area contributed by atoms with Crippen molar-refractivity contribution in [1.29, 1.82) is 0 Å². The Balaban J connectivity index is 2.31. The van der Waals surface area contributed by atoms with Crippen molar-refractivity contribution in [3.05, 3.63) is 35.1 Å². The number of amides is 2. The van der Waals surface area contributed by atoms with E-state index in [4.69, 9.17) is 0 Å². The van der Waals surface area contributed by atoms with E-state index >= 15 is 0 Å². The fourth-order valence-electron chi connectivity index (χ4n) is 1.97. The largest absolute Gasteiger partial charge is 0.391 e. The maximum Gasteiger partial charge on any atom is 0.314 e. The van der Waals surface area contributed by atoms with Crippen molar-refractivity contribution >= 4 is 6.03 Å². The summed E-state index contributed by atoms with van der Waals surface area (Å²) in [4.78, 5) is 11.5. The van der Waals surface area contributed by atoms with E-state index in [0.29, 0.717) is 12.3 Å². The van der Waals surface area contributed by atoms with Crippen LogP contribution in [0.5, 0.6) is 0 Å². The normalized spacial score (nSPS) is 12.3. The average Bonchev–Trinajstić information content (AvgIpc) is 2.41. The van der Waals surface area contributed by atoms with Gasteiger partial charge in [0.1, 0.15) is 0 Å². The van der Waals surface area contributed by atoms with E-state index in [1.165, 1.54) is 0 Å². The summed E-state index contributed by atoms with van der Waals surface area (Å²) in [6.45, 7) is 4.19. The van der Waals surface area contributed by atoms with E-state index < -0.39 is 29.6 Å². The monoisotopic (exact) mass is 318 g/mol. The number of rotatable bonds is 7. The van der Waals surface area contributed by atoms with Gasteiger partial charge in [-0.2, -0.15) is 0 Å². The van der Waals surface area contributed by atoms with E-state index in [-0.39, 0.29) is 25.1 Å². The second kappa shape index (κ2) is 8.63. The van der Waals surface area contributed by atoms with Crippen molar-refractivity contribution in [3.8, 4) is 0 Å². The first kappa shape index (κ1) is 18.3. The van der Waals surface area contributed by atoms with Crippen LogP contribution in [-0.4, -0.2) is 30.3 Å². The summed E-state index contributed by atoms with van der Waals surface area (Å²) in [5, 5.41) is 14.6. The first-order valence-electron chi connectivity index (χ1n) is 7.12. The van der Waals surface area contributed by atoms with Crippen LogP contribution in [-0.2, 0) is 6.42 Å². The molecule has 0 fully saturated rings. The smallest absolute Gasteiger partial charge is 0.314 e. The van der Waals surface area contributed by atoms with Gasteiger partial charge >= 0.3 is 6.03 Å². The second-order valence-corrected chi connectivity index (χ2v) is 5.54. The van der Waals surface area contributed by atoms with E-state index in [1.807, 2.05) is 13.8 Å². The van der Waals surface area contributed by atoms with Crippen molar-refractivity contribution in [2.24, 2.45) is 5.92 Å². The molecule has 0 saturated heterocycles. The predicted octanol–water partition coefficient (Wildman–Crippen LogP) is 2.35. The molecular weight excluding hydrogens is 297 g/mol. The third kappa shape index (κ3) is 6.34.